The van der Waals surface area contributed by atoms with Crippen LogP contribution in [-0.4, -0.2) is 33.9 Å². The number of nitrogens with one attached hydrogen (secondary N) is 1. The monoisotopic (exact) mass is 409 g/mol. The lowest BCUT2D eigenvalue weighted by Gasteiger charge is -2.34. The molecule has 0 unspecified atom stereocenters. The van der Waals surface area contributed by atoms with Gasteiger partial charge < -0.3 is 9.88 Å². The maximum atomic E-state index is 13.1. The van der Waals surface area contributed by atoms with Crippen molar-refractivity contribution in [2.75, 3.05) is 13.1 Å². The Kier molecular flexibility index (Phi) is 5.29. The Labute approximate surface area is 182 Å². The minimum absolute atomic E-state index is 0.0989. The molecule has 0 radical (unpaired) electrons. The SMILES string of the molecule is C[C@@H](C(=O)N1CCC(c2[nH]c3ccccc3c2-c2ccncc2)CC1)c1ccccc1. The smallest absolute Gasteiger partial charge is 0.229 e. The van der Waals surface area contributed by atoms with Gasteiger partial charge >= 0.3 is 0 Å². The average Bonchev–Trinajstić information content (AvgIpc) is 3.24. The van der Waals surface area contributed by atoms with Crippen LogP contribution in [0.3, 0.4) is 0 Å². The van der Waals surface area contributed by atoms with E-state index < -0.39 is 0 Å². The lowest BCUT2D eigenvalue weighted by atomic mass is 9.88. The first-order valence-corrected chi connectivity index (χ1v) is 11.1. The molecular weight excluding hydrogens is 382 g/mol. The molecule has 4 heteroatoms. The van der Waals surface area contributed by atoms with E-state index in [9.17, 15) is 4.79 Å². The number of H-pyrrole nitrogens is 1. The molecule has 4 nitrogen and oxygen atoms in total. The maximum Gasteiger partial charge on any atom is 0.229 e. The van der Waals surface area contributed by atoms with Gasteiger partial charge in [-0.15, -0.1) is 0 Å². The number of piperidine rings is 1. The quantitative estimate of drug-likeness (QED) is 0.467. The predicted octanol–water partition coefficient (Wildman–Crippen LogP) is 5.74. The van der Waals surface area contributed by atoms with Gasteiger partial charge in [-0.05, 0) is 49.1 Å². The second-order valence-corrected chi connectivity index (χ2v) is 8.43. The molecule has 0 saturated carbocycles. The Morgan fingerprint density at radius 1 is 0.968 bits per heavy atom. The second kappa shape index (κ2) is 8.38. The van der Waals surface area contributed by atoms with E-state index in [0.717, 1.165) is 31.5 Å². The molecule has 5 rings (SSSR count). The third-order valence-corrected chi connectivity index (χ3v) is 6.59. The van der Waals surface area contributed by atoms with Gasteiger partial charge in [0.2, 0.25) is 5.91 Å². The number of aromatic nitrogens is 2. The van der Waals surface area contributed by atoms with Crippen molar-refractivity contribution in [1.82, 2.24) is 14.9 Å². The molecule has 31 heavy (non-hydrogen) atoms. The zero-order valence-electron chi connectivity index (χ0n) is 17.8. The summed E-state index contributed by atoms with van der Waals surface area (Å²) in [6, 6.07) is 22.7. The third-order valence-electron chi connectivity index (χ3n) is 6.59. The van der Waals surface area contributed by atoms with Crippen LogP contribution in [-0.2, 0) is 4.79 Å². The summed E-state index contributed by atoms with van der Waals surface area (Å²) >= 11 is 0. The van der Waals surface area contributed by atoms with Gasteiger partial charge in [0.05, 0.1) is 5.92 Å². The highest BCUT2D eigenvalue weighted by molar-refractivity contribution is 5.97. The topological polar surface area (TPSA) is 49.0 Å². The van der Waals surface area contributed by atoms with Gasteiger partial charge in [0.15, 0.2) is 0 Å². The van der Waals surface area contributed by atoms with Crippen molar-refractivity contribution in [3.63, 3.8) is 0 Å². The molecule has 0 bridgehead atoms. The van der Waals surface area contributed by atoms with Gasteiger partial charge in [-0.1, -0.05) is 48.5 Å². The molecule has 0 spiro atoms. The van der Waals surface area contributed by atoms with Crippen molar-refractivity contribution >= 4 is 16.8 Å². The Morgan fingerprint density at radius 2 is 1.65 bits per heavy atom. The summed E-state index contributed by atoms with van der Waals surface area (Å²) in [7, 11) is 0. The summed E-state index contributed by atoms with van der Waals surface area (Å²) in [4.78, 5) is 23.0. The Bertz CT molecular complexity index is 1180. The number of rotatable bonds is 4. The van der Waals surface area contributed by atoms with Crippen molar-refractivity contribution in [3.8, 4) is 11.1 Å². The highest BCUT2D eigenvalue weighted by atomic mass is 16.2. The van der Waals surface area contributed by atoms with Crippen LogP contribution in [0.2, 0.25) is 0 Å². The molecule has 0 aliphatic carbocycles. The van der Waals surface area contributed by atoms with Crippen LogP contribution in [0.25, 0.3) is 22.0 Å². The number of aromatic amines is 1. The van der Waals surface area contributed by atoms with E-state index in [2.05, 4.69) is 46.4 Å². The number of hydrogen-bond donors (Lipinski definition) is 1. The van der Waals surface area contributed by atoms with Crippen LogP contribution in [0.15, 0.2) is 79.1 Å². The number of carbonyl (C=O) groups excluding carboxylic acids is 1. The minimum atomic E-state index is -0.0989. The number of carbonyl (C=O) groups is 1. The van der Waals surface area contributed by atoms with E-state index in [1.807, 2.05) is 54.5 Å². The molecule has 1 atom stereocenters. The first kappa shape index (κ1) is 19.6. The summed E-state index contributed by atoms with van der Waals surface area (Å²) < 4.78 is 0. The van der Waals surface area contributed by atoms with E-state index in [1.54, 1.807) is 0 Å². The molecule has 156 valence electrons. The first-order valence-electron chi connectivity index (χ1n) is 11.1. The fourth-order valence-corrected chi connectivity index (χ4v) is 4.85. The standard InChI is InChI=1S/C27H27N3O/c1-19(20-7-3-2-4-8-20)27(31)30-17-13-22(14-18-30)26-25(21-11-15-28-16-12-21)23-9-5-6-10-24(23)29-26/h2-12,15-16,19,22,29H,13-14,17-18H2,1H3/t19-/m1/s1. The summed E-state index contributed by atoms with van der Waals surface area (Å²) in [6.07, 6.45) is 5.65. The first-order chi connectivity index (χ1) is 15.2. The second-order valence-electron chi connectivity index (χ2n) is 8.43. The molecule has 1 aliphatic rings. The molecule has 1 aliphatic heterocycles. The fourth-order valence-electron chi connectivity index (χ4n) is 4.85. The molecule has 2 aromatic heterocycles. The number of nitrogens with zero attached hydrogens (tertiary/aromatic N) is 2. The predicted molar refractivity (Wildman–Crippen MR) is 125 cm³/mol. The fraction of sp³-hybridized carbons (Fsp3) is 0.259. The van der Waals surface area contributed by atoms with E-state index in [-0.39, 0.29) is 11.8 Å². The normalized spacial score (nSPS) is 15.8. The van der Waals surface area contributed by atoms with Gasteiger partial charge in [-0.3, -0.25) is 9.78 Å². The van der Waals surface area contributed by atoms with Gasteiger partial charge in [0.25, 0.3) is 0 Å². The number of pyridine rings is 1. The maximum absolute atomic E-state index is 13.1. The summed E-state index contributed by atoms with van der Waals surface area (Å²) in [5, 5.41) is 1.25. The molecular formula is C27H27N3O. The Hall–Kier alpha value is -3.40. The molecule has 1 N–H and O–H groups in total. The van der Waals surface area contributed by atoms with Crippen molar-refractivity contribution < 1.29 is 4.79 Å². The summed E-state index contributed by atoms with van der Waals surface area (Å²) in [6.45, 7) is 3.61. The van der Waals surface area contributed by atoms with Crippen molar-refractivity contribution in [2.24, 2.45) is 0 Å². The van der Waals surface area contributed by atoms with Crippen LogP contribution >= 0.6 is 0 Å². The Morgan fingerprint density at radius 3 is 2.39 bits per heavy atom. The highest BCUT2D eigenvalue weighted by Crippen LogP contribution is 2.40. The zero-order valence-corrected chi connectivity index (χ0v) is 17.8. The van der Waals surface area contributed by atoms with Crippen LogP contribution in [0.1, 0.15) is 42.9 Å². The lowest BCUT2D eigenvalue weighted by Crippen LogP contribution is -2.40. The van der Waals surface area contributed by atoms with Crippen molar-refractivity contribution in [2.45, 2.75) is 31.6 Å². The minimum Gasteiger partial charge on any atom is -0.358 e. The molecule has 2 aromatic carbocycles. The number of para-hydroxylation sites is 1. The third kappa shape index (κ3) is 3.74. The molecule has 1 fully saturated rings. The molecule has 1 saturated heterocycles. The van der Waals surface area contributed by atoms with Gasteiger partial charge in [-0.2, -0.15) is 0 Å². The molecule has 3 heterocycles. The molecule has 4 aromatic rings. The van der Waals surface area contributed by atoms with Crippen LogP contribution in [0.5, 0.6) is 0 Å². The lowest BCUT2D eigenvalue weighted by molar-refractivity contribution is -0.133. The number of amides is 1. The highest BCUT2D eigenvalue weighted by Gasteiger charge is 2.29. The van der Waals surface area contributed by atoms with Gasteiger partial charge in [0, 0.05) is 53.6 Å². The number of benzene rings is 2. The van der Waals surface area contributed by atoms with Crippen molar-refractivity contribution in [1.29, 1.82) is 0 Å². The number of fused-ring (bicyclic) bond motifs is 1. The Balaban J connectivity index is 1.38. The van der Waals surface area contributed by atoms with E-state index in [0.29, 0.717) is 5.92 Å². The average molecular weight is 410 g/mol. The zero-order chi connectivity index (χ0) is 21.2. The number of likely N-dealkylation sites (tertiary alicyclic amines) is 1. The van der Waals surface area contributed by atoms with Crippen LogP contribution in [0.4, 0.5) is 0 Å². The van der Waals surface area contributed by atoms with Crippen molar-refractivity contribution in [3.05, 3.63) is 90.4 Å². The van der Waals surface area contributed by atoms with E-state index in [4.69, 9.17) is 0 Å². The van der Waals surface area contributed by atoms with Gasteiger partial charge in [0.1, 0.15) is 0 Å². The summed E-state index contributed by atoms with van der Waals surface area (Å²) in [5.41, 5.74) is 6.01. The molecule has 1 amide bonds. The van der Waals surface area contributed by atoms with Crippen LogP contribution < -0.4 is 0 Å². The van der Waals surface area contributed by atoms with E-state index >= 15 is 0 Å². The largest absolute Gasteiger partial charge is 0.358 e. The summed E-state index contributed by atoms with van der Waals surface area (Å²) in [5.74, 6) is 0.542. The van der Waals surface area contributed by atoms with Gasteiger partial charge in [-0.25, -0.2) is 0 Å². The van der Waals surface area contributed by atoms with Crippen LogP contribution in [0, 0.1) is 0 Å². The van der Waals surface area contributed by atoms with E-state index in [1.165, 1.54) is 27.7 Å². The number of hydrogen-bond acceptors (Lipinski definition) is 2.